The summed E-state index contributed by atoms with van der Waals surface area (Å²) < 4.78 is 6.65. The Kier molecular flexibility index (Phi) is 4.85. The molecule has 8 heteroatoms. The molecule has 0 unspecified atom stereocenters. The minimum Gasteiger partial charge on any atom is -0.497 e. The van der Waals surface area contributed by atoms with E-state index in [1.165, 1.54) is 4.68 Å². The van der Waals surface area contributed by atoms with E-state index in [9.17, 15) is 4.79 Å². The van der Waals surface area contributed by atoms with E-state index in [0.29, 0.717) is 17.3 Å². The first-order valence-corrected chi connectivity index (χ1v) is 7.83. The average Bonchev–Trinajstić information content (AvgIpc) is 2.98. The summed E-state index contributed by atoms with van der Waals surface area (Å²) in [4.78, 5) is 12.3. The smallest absolute Gasteiger partial charge is 0.280 e. The second-order valence-corrected chi connectivity index (χ2v) is 5.73. The van der Waals surface area contributed by atoms with Gasteiger partial charge in [-0.1, -0.05) is 28.9 Å². The van der Waals surface area contributed by atoms with Gasteiger partial charge in [-0.3, -0.25) is 4.79 Å². The maximum absolute atomic E-state index is 12.3. The van der Waals surface area contributed by atoms with Crippen molar-refractivity contribution in [3.63, 3.8) is 0 Å². The summed E-state index contributed by atoms with van der Waals surface area (Å²) in [6.07, 6.45) is 0. The van der Waals surface area contributed by atoms with Crippen LogP contribution in [0.2, 0.25) is 5.02 Å². The molecular weight excluding hydrogens is 342 g/mol. The van der Waals surface area contributed by atoms with Gasteiger partial charge in [-0.2, -0.15) is 0 Å². The number of amides is 1. The Morgan fingerprint density at radius 3 is 2.76 bits per heavy atom. The van der Waals surface area contributed by atoms with Gasteiger partial charge in [0.05, 0.1) is 13.7 Å². The number of carbonyl (C=O) groups is 1. The zero-order valence-electron chi connectivity index (χ0n) is 13.4. The number of rotatable bonds is 5. The van der Waals surface area contributed by atoms with E-state index in [2.05, 4.69) is 15.6 Å². The third-order valence-corrected chi connectivity index (χ3v) is 3.81. The summed E-state index contributed by atoms with van der Waals surface area (Å²) in [5.41, 5.74) is 7.62. The summed E-state index contributed by atoms with van der Waals surface area (Å²) >= 11 is 5.83. The Balaban J connectivity index is 1.75. The predicted octanol–water partition coefficient (Wildman–Crippen LogP) is 2.82. The Hall–Kier alpha value is -3.06. The van der Waals surface area contributed by atoms with Crippen molar-refractivity contribution < 1.29 is 9.53 Å². The second-order valence-electron chi connectivity index (χ2n) is 5.29. The number of methoxy groups -OCH3 is 1. The van der Waals surface area contributed by atoms with Gasteiger partial charge in [0, 0.05) is 10.7 Å². The molecule has 0 bridgehead atoms. The van der Waals surface area contributed by atoms with Gasteiger partial charge in [-0.25, -0.2) is 4.68 Å². The second kappa shape index (κ2) is 7.23. The quantitative estimate of drug-likeness (QED) is 0.732. The number of halogens is 1. The lowest BCUT2D eigenvalue weighted by atomic mass is 10.2. The van der Waals surface area contributed by atoms with Crippen molar-refractivity contribution in [1.82, 2.24) is 15.0 Å². The molecule has 128 valence electrons. The van der Waals surface area contributed by atoms with Gasteiger partial charge in [0.15, 0.2) is 11.5 Å². The van der Waals surface area contributed by atoms with Crippen LogP contribution in [0.1, 0.15) is 16.1 Å². The Labute approximate surface area is 149 Å². The van der Waals surface area contributed by atoms with E-state index in [0.717, 1.165) is 11.3 Å². The van der Waals surface area contributed by atoms with E-state index < -0.39 is 5.91 Å². The molecule has 7 nitrogen and oxygen atoms in total. The maximum Gasteiger partial charge on any atom is 0.280 e. The molecule has 1 amide bonds. The number of benzene rings is 2. The molecule has 0 fully saturated rings. The molecule has 0 saturated carbocycles. The van der Waals surface area contributed by atoms with Crippen LogP contribution in [0.15, 0.2) is 48.5 Å². The Morgan fingerprint density at radius 2 is 2.04 bits per heavy atom. The molecule has 25 heavy (non-hydrogen) atoms. The van der Waals surface area contributed by atoms with Gasteiger partial charge in [0.25, 0.3) is 5.91 Å². The maximum atomic E-state index is 12.3. The van der Waals surface area contributed by atoms with Crippen LogP contribution < -0.4 is 15.8 Å². The molecule has 1 aromatic heterocycles. The summed E-state index contributed by atoms with van der Waals surface area (Å²) in [6, 6.07) is 14.2. The first-order valence-electron chi connectivity index (χ1n) is 7.45. The molecule has 3 aromatic rings. The third kappa shape index (κ3) is 3.89. The van der Waals surface area contributed by atoms with Crippen LogP contribution in [0, 0.1) is 0 Å². The van der Waals surface area contributed by atoms with Crippen LogP contribution in [0.5, 0.6) is 5.75 Å². The molecule has 0 spiro atoms. The molecule has 0 saturated heterocycles. The number of carbonyl (C=O) groups excluding carboxylic acids is 1. The number of nitrogens with two attached hydrogens (primary N) is 1. The SMILES string of the molecule is COc1cccc(Cn2nnc(C(=O)Nc3ccc(Cl)cc3)c2N)c1. The number of hydrogen-bond donors (Lipinski definition) is 2. The minimum absolute atomic E-state index is 0.0675. The predicted molar refractivity (Wildman–Crippen MR) is 95.9 cm³/mol. The Bertz CT molecular complexity index is 892. The minimum atomic E-state index is -0.434. The molecule has 2 aromatic carbocycles. The summed E-state index contributed by atoms with van der Waals surface area (Å²) in [5, 5.41) is 11.1. The fraction of sp³-hybridized carbons (Fsp3) is 0.118. The lowest BCUT2D eigenvalue weighted by Gasteiger charge is -2.06. The molecule has 0 aliphatic heterocycles. The van der Waals surface area contributed by atoms with Crippen molar-refractivity contribution in [2.75, 3.05) is 18.2 Å². The van der Waals surface area contributed by atoms with E-state index >= 15 is 0 Å². The van der Waals surface area contributed by atoms with Crippen molar-refractivity contribution >= 4 is 29.0 Å². The molecule has 3 rings (SSSR count). The highest BCUT2D eigenvalue weighted by Gasteiger charge is 2.18. The molecule has 3 N–H and O–H groups in total. The summed E-state index contributed by atoms with van der Waals surface area (Å²) in [6.45, 7) is 0.379. The highest BCUT2D eigenvalue weighted by atomic mass is 35.5. The third-order valence-electron chi connectivity index (χ3n) is 3.56. The fourth-order valence-corrected chi connectivity index (χ4v) is 2.39. The standard InChI is InChI=1S/C17H16ClN5O2/c1-25-14-4-2-3-11(9-14)10-23-16(19)15(21-22-23)17(24)20-13-7-5-12(18)6-8-13/h2-9H,10,19H2,1H3,(H,20,24). The molecule has 0 radical (unpaired) electrons. The topological polar surface area (TPSA) is 95.1 Å². The number of hydrogen-bond acceptors (Lipinski definition) is 5. The van der Waals surface area contributed by atoms with Crippen LogP contribution in [-0.4, -0.2) is 28.0 Å². The largest absolute Gasteiger partial charge is 0.497 e. The van der Waals surface area contributed by atoms with Crippen molar-refractivity contribution in [2.45, 2.75) is 6.54 Å². The van der Waals surface area contributed by atoms with Gasteiger partial charge >= 0.3 is 0 Å². The van der Waals surface area contributed by atoms with E-state index in [1.807, 2.05) is 24.3 Å². The van der Waals surface area contributed by atoms with Gasteiger partial charge < -0.3 is 15.8 Å². The van der Waals surface area contributed by atoms with E-state index in [1.54, 1.807) is 31.4 Å². The fourth-order valence-electron chi connectivity index (χ4n) is 2.27. The van der Waals surface area contributed by atoms with Crippen LogP contribution >= 0.6 is 11.6 Å². The van der Waals surface area contributed by atoms with Crippen molar-refractivity contribution in [3.8, 4) is 5.75 Å². The lowest BCUT2D eigenvalue weighted by molar-refractivity contribution is 0.102. The highest BCUT2D eigenvalue weighted by molar-refractivity contribution is 6.30. The lowest BCUT2D eigenvalue weighted by Crippen LogP contribution is -2.15. The van der Waals surface area contributed by atoms with Crippen LogP contribution in [0.25, 0.3) is 0 Å². The van der Waals surface area contributed by atoms with E-state index in [4.69, 9.17) is 22.1 Å². The first-order chi connectivity index (χ1) is 12.1. The Morgan fingerprint density at radius 1 is 1.28 bits per heavy atom. The van der Waals surface area contributed by atoms with Crippen LogP contribution in [-0.2, 0) is 6.54 Å². The zero-order chi connectivity index (χ0) is 17.8. The normalized spacial score (nSPS) is 10.5. The number of nitrogens with zero attached hydrogens (tertiary/aromatic N) is 3. The van der Waals surface area contributed by atoms with Crippen molar-refractivity contribution in [1.29, 1.82) is 0 Å². The number of nitrogens with one attached hydrogen (secondary N) is 1. The van der Waals surface area contributed by atoms with Crippen LogP contribution in [0.4, 0.5) is 11.5 Å². The average molecular weight is 358 g/mol. The first kappa shape index (κ1) is 16.8. The van der Waals surface area contributed by atoms with Gasteiger partial charge in [-0.05, 0) is 42.0 Å². The van der Waals surface area contributed by atoms with Crippen molar-refractivity contribution in [3.05, 3.63) is 64.8 Å². The number of anilines is 2. The monoisotopic (exact) mass is 357 g/mol. The van der Waals surface area contributed by atoms with Crippen molar-refractivity contribution in [2.24, 2.45) is 0 Å². The number of nitrogen functional groups attached to an aromatic ring is 1. The number of ether oxygens (including phenoxy) is 1. The van der Waals surface area contributed by atoms with Gasteiger partial charge in [0.1, 0.15) is 5.75 Å². The molecular formula is C17H16ClN5O2. The summed E-state index contributed by atoms with van der Waals surface area (Å²) in [5.74, 6) is 0.489. The van der Waals surface area contributed by atoms with E-state index in [-0.39, 0.29) is 11.5 Å². The molecule has 0 atom stereocenters. The van der Waals surface area contributed by atoms with Crippen LogP contribution in [0.3, 0.4) is 0 Å². The van der Waals surface area contributed by atoms with Gasteiger partial charge in [-0.15, -0.1) is 5.10 Å². The molecule has 1 heterocycles. The number of aromatic nitrogens is 3. The molecule has 0 aliphatic rings. The zero-order valence-corrected chi connectivity index (χ0v) is 14.2. The highest BCUT2D eigenvalue weighted by Crippen LogP contribution is 2.18. The van der Waals surface area contributed by atoms with Gasteiger partial charge in [0.2, 0.25) is 0 Å². The molecule has 0 aliphatic carbocycles. The summed E-state index contributed by atoms with van der Waals surface area (Å²) in [7, 11) is 1.60.